The minimum atomic E-state index is -0.536. The number of nitrogens with one attached hydrogen (secondary N) is 1. The fourth-order valence-electron chi connectivity index (χ4n) is 5.61. The summed E-state index contributed by atoms with van der Waals surface area (Å²) in [5.74, 6) is -0.0280. The van der Waals surface area contributed by atoms with Crippen LogP contribution in [0.5, 0.6) is 0 Å². The molecule has 1 saturated carbocycles. The number of hydrogen-bond donors (Lipinski definition) is 1. The van der Waals surface area contributed by atoms with Gasteiger partial charge in [-0.2, -0.15) is 5.26 Å². The van der Waals surface area contributed by atoms with Crippen LogP contribution in [-0.4, -0.2) is 71.2 Å². The summed E-state index contributed by atoms with van der Waals surface area (Å²) in [6.07, 6.45) is 8.32. The lowest BCUT2D eigenvalue weighted by atomic mass is 9.69. The summed E-state index contributed by atoms with van der Waals surface area (Å²) in [4.78, 5) is 26.3. The SMILES string of the molecule is C[C@@H]1CN(c2ccc(C#N)c3ncncc23)C[C@H](C(=O)NC2CCN(C)C3(CCC3)C2)O1. The van der Waals surface area contributed by atoms with E-state index in [1.807, 2.05) is 13.0 Å². The van der Waals surface area contributed by atoms with Crippen LogP contribution in [-0.2, 0) is 9.53 Å². The van der Waals surface area contributed by atoms with Gasteiger partial charge in [0, 0.05) is 41.9 Å². The zero-order valence-electron chi connectivity index (χ0n) is 18.8. The van der Waals surface area contributed by atoms with Gasteiger partial charge >= 0.3 is 0 Å². The molecular formula is C24H30N6O2. The molecule has 1 aromatic carbocycles. The molecule has 3 heterocycles. The summed E-state index contributed by atoms with van der Waals surface area (Å²) in [6.45, 7) is 4.14. The molecule has 1 N–H and O–H groups in total. The third kappa shape index (κ3) is 3.70. The van der Waals surface area contributed by atoms with Gasteiger partial charge in [-0.25, -0.2) is 9.97 Å². The number of ether oxygens (including phenoxy) is 1. The Labute approximate surface area is 188 Å². The van der Waals surface area contributed by atoms with Crippen molar-refractivity contribution in [3.63, 3.8) is 0 Å². The molecule has 1 unspecified atom stereocenters. The van der Waals surface area contributed by atoms with Gasteiger partial charge in [0.15, 0.2) is 6.10 Å². The fourth-order valence-corrected chi connectivity index (χ4v) is 5.61. The number of nitrogens with zero attached hydrogens (tertiary/aromatic N) is 5. The predicted octanol–water partition coefficient (Wildman–Crippen LogP) is 2.23. The second kappa shape index (κ2) is 8.30. The van der Waals surface area contributed by atoms with Gasteiger partial charge in [-0.05, 0) is 58.2 Å². The lowest BCUT2D eigenvalue weighted by Gasteiger charge is -2.54. The van der Waals surface area contributed by atoms with E-state index in [0.717, 1.165) is 30.5 Å². The van der Waals surface area contributed by atoms with E-state index in [-0.39, 0.29) is 23.6 Å². The Morgan fingerprint density at radius 3 is 2.94 bits per heavy atom. The van der Waals surface area contributed by atoms with E-state index in [9.17, 15) is 10.1 Å². The number of carbonyl (C=O) groups is 1. The van der Waals surface area contributed by atoms with Crippen LogP contribution in [0.1, 0.15) is 44.6 Å². The van der Waals surface area contributed by atoms with Gasteiger partial charge in [0.1, 0.15) is 12.4 Å². The number of hydrogen-bond acceptors (Lipinski definition) is 7. The van der Waals surface area contributed by atoms with Gasteiger partial charge in [-0.3, -0.25) is 4.79 Å². The molecule has 168 valence electrons. The molecular weight excluding hydrogens is 404 g/mol. The lowest BCUT2D eigenvalue weighted by molar-refractivity contribution is -0.139. The molecule has 8 nitrogen and oxygen atoms in total. The van der Waals surface area contributed by atoms with Gasteiger partial charge in [-0.15, -0.1) is 0 Å². The van der Waals surface area contributed by atoms with Crippen LogP contribution in [0, 0.1) is 11.3 Å². The normalized spacial score (nSPS) is 27.7. The summed E-state index contributed by atoms with van der Waals surface area (Å²) in [6, 6.07) is 6.12. The van der Waals surface area contributed by atoms with E-state index in [4.69, 9.17) is 4.74 Å². The molecule has 0 radical (unpaired) electrons. The number of morpholine rings is 1. The maximum absolute atomic E-state index is 13.2. The summed E-state index contributed by atoms with van der Waals surface area (Å²) in [5.41, 5.74) is 2.37. The highest BCUT2D eigenvalue weighted by atomic mass is 16.5. The van der Waals surface area contributed by atoms with E-state index >= 15 is 0 Å². The molecule has 0 bridgehead atoms. The van der Waals surface area contributed by atoms with Crippen molar-refractivity contribution in [2.24, 2.45) is 0 Å². The summed E-state index contributed by atoms with van der Waals surface area (Å²) < 4.78 is 6.06. The van der Waals surface area contributed by atoms with Crippen molar-refractivity contribution in [2.75, 3.05) is 31.6 Å². The Kier molecular flexibility index (Phi) is 5.48. The number of carbonyl (C=O) groups excluding carboxylic acids is 1. The van der Waals surface area contributed by atoms with Crippen LogP contribution >= 0.6 is 0 Å². The number of aromatic nitrogens is 2. The quantitative estimate of drug-likeness (QED) is 0.792. The number of benzene rings is 1. The molecule has 3 fully saturated rings. The molecule has 2 saturated heterocycles. The molecule has 2 aromatic rings. The Morgan fingerprint density at radius 2 is 2.19 bits per heavy atom. The van der Waals surface area contributed by atoms with Crippen LogP contribution in [0.2, 0.25) is 0 Å². The zero-order chi connectivity index (χ0) is 22.3. The molecule has 8 heteroatoms. The first-order valence-corrected chi connectivity index (χ1v) is 11.5. The van der Waals surface area contributed by atoms with Crippen molar-refractivity contribution >= 4 is 22.5 Å². The topological polar surface area (TPSA) is 94.4 Å². The molecule has 1 spiro atoms. The molecule has 1 amide bonds. The number of fused-ring (bicyclic) bond motifs is 1. The first-order valence-electron chi connectivity index (χ1n) is 11.5. The first kappa shape index (κ1) is 21.1. The largest absolute Gasteiger partial charge is 0.365 e. The van der Waals surface area contributed by atoms with Crippen molar-refractivity contribution in [1.29, 1.82) is 5.26 Å². The van der Waals surface area contributed by atoms with Gasteiger partial charge in [0.2, 0.25) is 0 Å². The molecule has 5 rings (SSSR count). The summed E-state index contributed by atoms with van der Waals surface area (Å²) in [5, 5.41) is 13.5. The Bertz CT molecular complexity index is 1060. The van der Waals surface area contributed by atoms with Gasteiger partial charge in [0.05, 0.1) is 23.7 Å². The van der Waals surface area contributed by atoms with Gasteiger partial charge in [-0.1, -0.05) is 0 Å². The molecule has 1 aromatic heterocycles. The van der Waals surface area contributed by atoms with Crippen LogP contribution in [0.25, 0.3) is 10.9 Å². The molecule has 1 aliphatic carbocycles. The van der Waals surface area contributed by atoms with Crippen LogP contribution < -0.4 is 10.2 Å². The van der Waals surface area contributed by atoms with Crippen molar-refractivity contribution in [2.45, 2.75) is 62.8 Å². The third-order valence-electron chi connectivity index (χ3n) is 7.54. The fraction of sp³-hybridized carbons (Fsp3) is 0.583. The molecule has 3 aliphatic rings. The minimum absolute atomic E-state index is 0.0280. The Balaban J connectivity index is 1.32. The van der Waals surface area contributed by atoms with E-state index in [2.05, 4.69) is 38.2 Å². The minimum Gasteiger partial charge on any atom is -0.365 e. The van der Waals surface area contributed by atoms with Crippen molar-refractivity contribution in [3.05, 3.63) is 30.2 Å². The van der Waals surface area contributed by atoms with E-state index in [1.54, 1.807) is 12.3 Å². The number of piperidine rings is 1. The highest BCUT2D eigenvalue weighted by Gasteiger charge is 2.45. The van der Waals surface area contributed by atoms with Crippen LogP contribution in [0.3, 0.4) is 0 Å². The van der Waals surface area contributed by atoms with Crippen molar-refractivity contribution in [1.82, 2.24) is 20.2 Å². The van der Waals surface area contributed by atoms with E-state index in [0.29, 0.717) is 24.2 Å². The molecule has 2 aliphatic heterocycles. The zero-order valence-corrected chi connectivity index (χ0v) is 18.8. The molecule has 3 atom stereocenters. The highest BCUT2D eigenvalue weighted by Crippen LogP contribution is 2.43. The number of rotatable bonds is 3. The lowest BCUT2D eigenvalue weighted by Crippen LogP contribution is -2.61. The summed E-state index contributed by atoms with van der Waals surface area (Å²) >= 11 is 0. The van der Waals surface area contributed by atoms with Gasteiger partial charge < -0.3 is 19.9 Å². The third-order valence-corrected chi connectivity index (χ3v) is 7.54. The average molecular weight is 435 g/mol. The number of nitriles is 1. The maximum atomic E-state index is 13.2. The highest BCUT2D eigenvalue weighted by molar-refractivity contribution is 5.95. The first-order chi connectivity index (χ1) is 15.5. The maximum Gasteiger partial charge on any atom is 0.251 e. The monoisotopic (exact) mass is 434 g/mol. The van der Waals surface area contributed by atoms with Crippen LogP contribution in [0.4, 0.5) is 5.69 Å². The smallest absolute Gasteiger partial charge is 0.251 e. The summed E-state index contributed by atoms with van der Waals surface area (Å²) in [7, 11) is 2.21. The second-order valence-corrected chi connectivity index (χ2v) is 9.57. The number of amides is 1. The predicted molar refractivity (Wildman–Crippen MR) is 121 cm³/mol. The Hall–Kier alpha value is -2.76. The van der Waals surface area contributed by atoms with E-state index < -0.39 is 6.10 Å². The standard InChI is InChI=1S/C24H30N6O2/c1-16-13-30(20-5-4-17(11-25)22-19(20)12-26-15-27-22)14-21(32-16)23(31)28-18-6-9-29(2)24(10-18)7-3-8-24/h4-5,12,15-16,18,21H,3,6-10,13-14H2,1-2H3,(H,28,31)/t16-,18?,21-/m1/s1. The van der Waals surface area contributed by atoms with Crippen molar-refractivity contribution in [3.8, 4) is 6.07 Å². The Morgan fingerprint density at radius 1 is 1.34 bits per heavy atom. The van der Waals surface area contributed by atoms with Gasteiger partial charge in [0.25, 0.3) is 5.91 Å². The second-order valence-electron chi connectivity index (χ2n) is 9.57. The van der Waals surface area contributed by atoms with E-state index in [1.165, 1.54) is 25.6 Å². The number of anilines is 1. The average Bonchev–Trinajstić information content (AvgIpc) is 2.78. The molecule has 32 heavy (non-hydrogen) atoms. The number of likely N-dealkylation sites (tertiary alicyclic amines) is 1. The van der Waals surface area contributed by atoms with Crippen LogP contribution in [0.15, 0.2) is 24.7 Å². The van der Waals surface area contributed by atoms with Crippen molar-refractivity contribution < 1.29 is 9.53 Å².